The molecule has 3 aromatic rings. The van der Waals surface area contributed by atoms with Crippen molar-refractivity contribution in [3.8, 4) is 11.5 Å². The highest BCUT2D eigenvalue weighted by molar-refractivity contribution is 7.92. The van der Waals surface area contributed by atoms with Crippen molar-refractivity contribution in [3.63, 3.8) is 0 Å². The number of hydrogen-bond acceptors (Lipinski definition) is 5. The molecule has 7 nitrogen and oxygen atoms in total. The lowest BCUT2D eigenvalue weighted by molar-refractivity contribution is -0.119. The summed E-state index contributed by atoms with van der Waals surface area (Å²) in [5.74, 6) is 0.491. The molecule has 192 valence electrons. The van der Waals surface area contributed by atoms with Gasteiger partial charge in [-0.25, -0.2) is 8.42 Å². The summed E-state index contributed by atoms with van der Waals surface area (Å²) in [6.45, 7) is 2.12. The normalized spacial score (nSPS) is 12.0. The van der Waals surface area contributed by atoms with Crippen LogP contribution >= 0.6 is 11.6 Å². The molecule has 0 aliphatic heterocycles. The first kappa shape index (κ1) is 27.4. The third-order valence-corrected chi connectivity index (χ3v) is 7.90. The average molecular weight is 531 g/mol. The van der Waals surface area contributed by atoms with E-state index in [1.165, 1.54) is 38.0 Å². The van der Waals surface area contributed by atoms with Crippen molar-refractivity contribution in [3.05, 3.63) is 83.4 Å². The van der Waals surface area contributed by atoms with Crippen LogP contribution in [-0.2, 0) is 21.2 Å². The molecule has 1 atom stereocenters. The van der Waals surface area contributed by atoms with E-state index in [2.05, 4.69) is 24.4 Å². The molecule has 3 aromatic carbocycles. The zero-order valence-electron chi connectivity index (χ0n) is 20.6. The Balaban J connectivity index is 1.82. The molecule has 1 amide bonds. The van der Waals surface area contributed by atoms with Gasteiger partial charge in [-0.2, -0.15) is 0 Å². The molecule has 0 heterocycles. The second-order valence-electron chi connectivity index (χ2n) is 8.27. The second-order valence-corrected chi connectivity index (χ2v) is 10.6. The largest absolute Gasteiger partial charge is 0.493 e. The molecule has 0 aliphatic rings. The molecular weight excluding hydrogens is 500 g/mol. The van der Waals surface area contributed by atoms with Crippen molar-refractivity contribution in [1.82, 2.24) is 5.32 Å². The van der Waals surface area contributed by atoms with Gasteiger partial charge in [0.25, 0.3) is 10.0 Å². The highest BCUT2D eigenvalue weighted by Gasteiger charge is 2.28. The van der Waals surface area contributed by atoms with Gasteiger partial charge in [0, 0.05) is 17.6 Å². The second kappa shape index (κ2) is 12.6. The van der Waals surface area contributed by atoms with Crippen LogP contribution in [0.5, 0.6) is 11.5 Å². The van der Waals surface area contributed by atoms with Gasteiger partial charge in [-0.1, -0.05) is 55.3 Å². The van der Waals surface area contributed by atoms with Crippen molar-refractivity contribution >= 4 is 33.2 Å². The molecule has 9 heteroatoms. The molecule has 1 N–H and O–H groups in total. The van der Waals surface area contributed by atoms with Crippen LogP contribution in [-0.4, -0.2) is 41.6 Å². The quantitative estimate of drug-likeness (QED) is 0.358. The first-order valence-electron chi connectivity index (χ1n) is 11.6. The van der Waals surface area contributed by atoms with Crippen LogP contribution in [0, 0.1) is 5.92 Å². The zero-order chi connectivity index (χ0) is 26.1. The van der Waals surface area contributed by atoms with Crippen LogP contribution in [0.4, 0.5) is 5.69 Å². The average Bonchev–Trinajstić information content (AvgIpc) is 2.90. The maximum absolute atomic E-state index is 13.7. The molecule has 0 fully saturated rings. The molecule has 0 saturated heterocycles. The highest BCUT2D eigenvalue weighted by Crippen LogP contribution is 2.32. The summed E-state index contributed by atoms with van der Waals surface area (Å²) < 4.78 is 38.9. The van der Waals surface area contributed by atoms with Gasteiger partial charge in [0.15, 0.2) is 11.5 Å². The van der Waals surface area contributed by atoms with Crippen molar-refractivity contribution < 1.29 is 22.7 Å². The number of carbonyl (C=O) groups is 1. The summed E-state index contributed by atoms with van der Waals surface area (Å²) in [6.07, 6.45) is 1.70. The Morgan fingerprint density at radius 1 is 0.972 bits per heavy atom. The van der Waals surface area contributed by atoms with E-state index < -0.39 is 15.9 Å². The molecule has 0 bridgehead atoms. The van der Waals surface area contributed by atoms with Gasteiger partial charge in [-0.3, -0.25) is 9.10 Å². The van der Waals surface area contributed by atoms with E-state index in [9.17, 15) is 13.2 Å². The predicted molar refractivity (Wildman–Crippen MR) is 142 cm³/mol. The van der Waals surface area contributed by atoms with E-state index in [0.717, 1.165) is 17.1 Å². The fraction of sp³-hybridized carbons (Fsp3) is 0.296. The van der Waals surface area contributed by atoms with Crippen LogP contribution in [0.25, 0.3) is 0 Å². The zero-order valence-corrected chi connectivity index (χ0v) is 22.2. The summed E-state index contributed by atoms with van der Waals surface area (Å²) in [5, 5.41) is 3.37. The van der Waals surface area contributed by atoms with Gasteiger partial charge < -0.3 is 14.8 Å². The Morgan fingerprint density at radius 3 is 2.25 bits per heavy atom. The van der Waals surface area contributed by atoms with E-state index in [0.29, 0.717) is 23.0 Å². The highest BCUT2D eigenvalue weighted by atomic mass is 35.5. The van der Waals surface area contributed by atoms with E-state index in [1.807, 2.05) is 18.2 Å². The van der Waals surface area contributed by atoms with Gasteiger partial charge in [0.2, 0.25) is 5.91 Å². The van der Waals surface area contributed by atoms with E-state index in [1.54, 1.807) is 24.3 Å². The van der Waals surface area contributed by atoms with Crippen molar-refractivity contribution in [1.29, 1.82) is 0 Å². The molecule has 3 rings (SSSR count). The predicted octanol–water partition coefficient (Wildman–Crippen LogP) is 4.94. The fourth-order valence-corrected chi connectivity index (χ4v) is 5.34. The van der Waals surface area contributed by atoms with Crippen LogP contribution in [0.3, 0.4) is 0 Å². The van der Waals surface area contributed by atoms with Gasteiger partial charge in [0.1, 0.15) is 6.54 Å². The van der Waals surface area contributed by atoms with Crippen LogP contribution in [0.2, 0.25) is 5.02 Å². The number of halogens is 1. The Labute approximate surface area is 218 Å². The molecule has 36 heavy (non-hydrogen) atoms. The summed E-state index contributed by atoms with van der Waals surface area (Å²) in [7, 11) is -1.22. The molecule has 0 radical (unpaired) electrons. The van der Waals surface area contributed by atoms with Crippen molar-refractivity contribution in [2.75, 3.05) is 31.6 Å². The lowest BCUT2D eigenvalue weighted by Gasteiger charge is -2.25. The van der Waals surface area contributed by atoms with E-state index >= 15 is 0 Å². The topological polar surface area (TPSA) is 84.9 Å². The number of anilines is 1. The van der Waals surface area contributed by atoms with E-state index in [4.69, 9.17) is 21.1 Å². The Kier molecular flexibility index (Phi) is 9.61. The van der Waals surface area contributed by atoms with Gasteiger partial charge in [-0.15, -0.1) is 0 Å². The first-order valence-corrected chi connectivity index (χ1v) is 13.4. The lowest BCUT2D eigenvalue weighted by atomic mass is 9.97. The van der Waals surface area contributed by atoms with Crippen LogP contribution < -0.4 is 19.1 Å². The van der Waals surface area contributed by atoms with Gasteiger partial charge >= 0.3 is 0 Å². The minimum Gasteiger partial charge on any atom is -0.493 e. The maximum Gasteiger partial charge on any atom is 0.264 e. The molecule has 0 saturated carbocycles. The van der Waals surface area contributed by atoms with E-state index in [-0.39, 0.29) is 23.1 Å². The fourth-order valence-electron chi connectivity index (χ4n) is 3.78. The van der Waals surface area contributed by atoms with Crippen LogP contribution in [0.15, 0.2) is 77.7 Å². The monoisotopic (exact) mass is 530 g/mol. The van der Waals surface area contributed by atoms with Crippen molar-refractivity contribution in [2.24, 2.45) is 5.92 Å². The Hall–Kier alpha value is -3.23. The molecular formula is C27H31ClN2O5S. The molecule has 1 unspecified atom stereocenters. The summed E-state index contributed by atoms with van der Waals surface area (Å²) >= 11 is 6.02. The number of carbonyl (C=O) groups excluding carboxylic acids is 1. The minimum absolute atomic E-state index is 0.0292. The van der Waals surface area contributed by atoms with Crippen LogP contribution in [0.1, 0.15) is 18.9 Å². The SMILES string of the molecule is CCC(CNC(=O)CN(c1ccc(Cl)cc1)S(=O)(=O)c1ccc(OC)c(OC)c1)Cc1ccccc1. The molecule has 0 aliphatic carbocycles. The standard InChI is InChI=1S/C27H31ClN2O5S/c1-4-20(16-21-8-6-5-7-9-21)18-29-27(31)19-30(23-12-10-22(28)11-13-23)36(32,33)24-14-15-25(34-2)26(17-24)35-3/h5-15,17,20H,4,16,18-19H2,1-3H3,(H,29,31). The number of methoxy groups -OCH3 is 2. The maximum atomic E-state index is 13.7. The number of amides is 1. The lowest BCUT2D eigenvalue weighted by Crippen LogP contribution is -2.42. The number of nitrogens with one attached hydrogen (secondary N) is 1. The number of hydrogen-bond donors (Lipinski definition) is 1. The summed E-state index contributed by atoms with van der Waals surface area (Å²) in [4.78, 5) is 13.0. The third kappa shape index (κ3) is 6.92. The number of nitrogens with zero attached hydrogens (tertiary/aromatic N) is 1. The Morgan fingerprint density at radius 2 is 1.64 bits per heavy atom. The molecule has 0 spiro atoms. The summed E-state index contributed by atoms with van der Waals surface area (Å²) in [6, 6.07) is 20.7. The number of ether oxygens (including phenoxy) is 2. The smallest absolute Gasteiger partial charge is 0.264 e. The number of benzene rings is 3. The third-order valence-electron chi connectivity index (χ3n) is 5.88. The first-order chi connectivity index (χ1) is 17.3. The number of rotatable bonds is 12. The molecule has 0 aromatic heterocycles. The Bertz CT molecular complexity index is 1250. The summed E-state index contributed by atoms with van der Waals surface area (Å²) in [5.41, 5.74) is 1.51. The van der Waals surface area contributed by atoms with Gasteiger partial charge in [-0.05, 0) is 54.3 Å². The van der Waals surface area contributed by atoms with Crippen molar-refractivity contribution in [2.45, 2.75) is 24.7 Å². The number of sulfonamides is 1. The van der Waals surface area contributed by atoms with Gasteiger partial charge in [0.05, 0.1) is 24.8 Å². The minimum atomic E-state index is -4.12.